The van der Waals surface area contributed by atoms with Gasteiger partial charge >= 0.3 is 11.7 Å². The van der Waals surface area contributed by atoms with E-state index in [9.17, 15) is 18.8 Å². The third-order valence-corrected chi connectivity index (χ3v) is 2.11. The first-order valence-electron chi connectivity index (χ1n) is 4.47. The number of hydrogen-bond acceptors (Lipinski definition) is 3. The van der Waals surface area contributed by atoms with Gasteiger partial charge in [0.2, 0.25) is 5.82 Å². The van der Waals surface area contributed by atoms with Gasteiger partial charge in [-0.2, -0.15) is 4.39 Å². The van der Waals surface area contributed by atoms with Gasteiger partial charge in [-0.1, -0.05) is 0 Å². The molecule has 1 heterocycles. The Balaban J connectivity index is 3.17. The number of carboxylic acids is 1. The number of aromatic amines is 1. The SMILES string of the molecule is CC(C)(Cn1cc(F)c(=O)[nH]c1=O)C(=O)O. The van der Waals surface area contributed by atoms with Crippen molar-refractivity contribution in [3.63, 3.8) is 0 Å². The fourth-order valence-corrected chi connectivity index (χ4v) is 1.09. The summed E-state index contributed by atoms with van der Waals surface area (Å²) in [5, 5.41) is 8.84. The molecule has 0 fully saturated rings. The Hall–Kier alpha value is -1.92. The summed E-state index contributed by atoms with van der Waals surface area (Å²) in [6, 6.07) is 0. The summed E-state index contributed by atoms with van der Waals surface area (Å²) in [4.78, 5) is 34.5. The van der Waals surface area contributed by atoms with Crippen molar-refractivity contribution in [1.29, 1.82) is 0 Å². The van der Waals surface area contributed by atoms with Crippen molar-refractivity contribution in [3.05, 3.63) is 32.9 Å². The molecule has 88 valence electrons. The number of nitrogens with one attached hydrogen (secondary N) is 1. The molecule has 1 aromatic heterocycles. The summed E-state index contributed by atoms with van der Waals surface area (Å²) in [5.74, 6) is -2.24. The molecule has 0 amide bonds. The smallest absolute Gasteiger partial charge is 0.328 e. The topological polar surface area (TPSA) is 92.2 Å². The van der Waals surface area contributed by atoms with E-state index < -0.39 is 28.5 Å². The van der Waals surface area contributed by atoms with Gasteiger partial charge in [-0.3, -0.25) is 19.1 Å². The van der Waals surface area contributed by atoms with Crippen molar-refractivity contribution in [3.8, 4) is 0 Å². The number of hydrogen-bond donors (Lipinski definition) is 2. The lowest BCUT2D eigenvalue weighted by Gasteiger charge is -2.19. The van der Waals surface area contributed by atoms with Crippen LogP contribution in [0, 0.1) is 11.2 Å². The van der Waals surface area contributed by atoms with Gasteiger partial charge in [0.05, 0.1) is 11.6 Å². The number of carboxylic acid groups (broad SMARTS) is 1. The first kappa shape index (κ1) is 12.2. The minimum absolute atomic E-state index is 0.227. The van der Waals surface area contributed by atoms with Crippen LogP contribution < -0.4 is 11.2 Å². The molecule has 0 unspecified atom stereocenters. The zero-order valence-electron chi connectivity index (χ0n) is 8.78. The second-order valence-corrected chi connectivity index (χ2v) is 4.05. The van der Waals surface area contributed by atoms with E-state index in [-0.39, 0.29) is 6.54 Å². The minimum Gasteiger partial charge on any atom is -0.481 e. The van der Waals surface area contributed by atoms with Crippen LogP contribution in [0.1, 0.15) is 13.8 Å². The maximum absolute atomic E-state index is 12.9. The van der Waals surface area contributed by atoms with Crippen molar-refractivity contribution in [2.75, 3.05) is 0 Å². The quantitative estimate of drug-likeness (QED) is 0.751. The van der Waals surface area contributed by atoms with Gasteiger partial charge in [0.25, 0.3) is 5.56 Å². The summed E-state index contributed by atoms with van der Waals surface area (Å²) >= 11 is 0. The lowest BCUT2D eigenvalue weighted by molar-refractivity contribution is -0.147. The molecule has 0 atom stereocenters. The molecular weight excluding hydrogens is 219 g/mol. The second kappa shape index (κ2) is 3.92. The summed E-state index contributed by atoms with van der Waals surface area (Å²) in [6.45, 7) is 2.56. The Labute approximate surface area is 89.3 Å². The predicted octanol–water partition coefficient (Wildman–Crippen LogP) is -0.214. The zero-order chi connectivity index (χ0) is 12.5. The van der Waals surface area contributed by atoms with Crippen LogP contribution in [0.2, 0.25) is 0 Å². The maximum Gasteiger partial charge on any atom is 0.328 e. The molecule has 0 aliphatic heterocycles. The van der Waals surface area contributed by atoms with Gasteiger partial charge in [0, 0.05) is 6.54 Å². The van der Waals surface area contributed by atoms with Gasteiger partial charge in [-0.25, -0.2) is 4.79 Å². The van der Waals surface area contributed by atoms with Crippen molar-refractivity contribution in [1.82, 2.24) is 9.55 Å². The maximum atomic E-state index is 12.9. The highest BCUT2D eigenvalue weighted by atomic mass is 19.1. The van der Waals surface area contributed by atoms with Crippen LogP contribution in [0.15, 0.2) is 15.8 Å². The molecule has 0 aromatic carbocycles. The average Bonchev–Trinajstić information content (AvgIpc) is 2.13. The highest BCUT2D eigenvalue weighted by molar-refractivity contribution is 5.73. The highest BCUT2D eigenvalue weighted by Gasteiger charge is 2.28. The molecule has 2 N–H and O–H groups in total. The summed E-state index contributed by atoms with van der Waals surface area (Å²) in [5.41, 5.74) is -3.18. The van der Waals surface area contributed by atoms with E-state index in [1.54, 1.807) is 4.98 Å². The molecule has 0 spiro atoms. The number of H-pyrrole nitrogens is 1. The molecule has 0 saturated carbocycles. The minimum atomic E-state index is -1.23. The van der Waals surface area contributed by atoms with Crippen LogP contribution in [0.4, 0.5) is 4.39 Å². The first-order valence-corrected chi connectivity index (χ1v) is 4.47. The summed E-state index contributed by atoms with van der Waals surface area (Å²) in [6.07, 6.45) is 0.700. The molecule has 0 saturated heterocycles. The predicted molar refractivity (Wildman–Crippen MR) is 52.7 cm³/mol. The van der Waals surface area contributed by atoms with Gasteiger partial charge in [-0.15, -0.1) is 0 Å². The first-order chi connectivity index (χ1) is 7.24. The molecule has 6 nitrogen and oxygen atoms in total. The van der Waals surface area contributed by atoms with Crippen LogP contribution in [0.5, 0.6) is 0 Å². The molecule has 0 bridgehead atoms. The summed E-state index contributed by atoms with van der Waals surface area (Å²) < 4.78 is 13.7. The lowest BCUT2D eigenvalue weighted by atomic mass is 9.94. The molecule has 7 heteroatoms. The Kier molecular flexibility index (Phi) is 2.97. The number of aliphatic carboxylic acids is 1. The fraction of sp³-hybridized carbons (Fsp3) is 0.444. The largest absolute Gasteiger partial charge is 0.481 e. The van der Waals surface area contributed by atoms with Crippen molar-refractivity contribution in [2.45, 2.75) is 20.4 Å². The van der Waals surface area contributed by atoms with E-state index in [1.165, 1.54) is 13.8 Å². The average molecular weight is 230 g/mol. The molecule has 1 rings (SSSR count). The van der Waals surface area contributed by atoms with E-state index in [0.717, 1.165) is 4.57 Å². The molecule has 0 radical (unpaired) electrons. The monoisotopic (exact) mass is 230 g/mol. The number of aromatic nitrogens is 2. The number of nitrogens with zero attached hydrogens (tertiary/aromatic N) is 1. The molecule has 0 aliphatic rings. The fourth-order valence-electron chi connectivity index (χ4n) is 1.09. The van der Waals surface area contributed by atoms with Crippen LogP contribution in [0.3, 0.4) is 0 Å². The molecular formula is C9H11FN2O4. The number of rotatable bonds is 3. The lowest BCUT2D eigenvalue weighted by Crippen LogP contribution is -2.38. The third-order valence-electron chi connectivity index (χ3n) is 2.11. The number of carbonyl (C=O) groups is 1. The van der Waals surface area contributed by atoms with Crippen molar-refractivity contribution < 1.29 is 14.3 Å². The summed E-state index contributed by atoms with van der Waals surface area (Å²) in [7, 11) is 0. The van der Waals surface area contributed by atoms with Crippen molar-refractivity contribution >= 4 is 5.97 Å². The van der Waals surface area contributed by atoms with E-state index in [1.807, 2.05) is 0 Å². The molecule has 16 heavy (non-hydrogen) atoms. The van der Waals surface area contributed by atoms with Crippen LogP contribution in [-0.4, -0.2) is 20.6 Å². The van der Waals surface area contributed by atoms with Crippen LogP contribution >= 0.6 is 0 Å². The molecule has 1 aromatic rings. The van der Waals surface area contributed by atoms with E-state index in [0.29, 0.717) is 6.20 Å². The third kappa shape index (κ3) is 2.36. The Morgan fingerprint density at radius 2 is 2.12 bits per heavy atom. The van der Waals surface area contributed by atoms with Gasteiger partial charge in [-0.05, 0) is 13.8 Å². The Morgan fingerprint density at radius 3 is 2.62 bits per heavy atom. The van der Waals surface area contributed by atoms with Gasteiger partial charge in [0.15, 0.2) is 0 Å². The Bertz CT molecular complexity index is 529. The van der Waals surface area contributed by atoms with Crippen LogP contribution in [0.25, 0.3) is 0 Å². The highest BCUT2D eigenvalue weighted by Crippen LogP contribution is 2.16. The Morgan fingerprint density at radius 1 is 1.56 bits per heavy atom. The van der Waals surface area contributed by atoms with E-state index in [2.05, 4.69) is 0 Å². The standard InChI is InChI=1S/C9H11FN2O4/c1-9(2,7(14)15)4-12-3-5(10)6(13)11-8(12)16/h3H,4H2,1-2H3,(H,14,15)(H,11,13,16). The van der Waals surface area contributed by atoms with Gasteiger partial charge in [0.1, 0.15) is 0 Å². The molecule has 0 aliphatic carbocycles. The number of halogens is 1. The zero-order valence-corrected chi connectivity index (χ0v) is 8.78. The van der Waals surface area contributed by atoms with Crippen LogP contribution in [-0.2, 0) is 11.3 Å². The normalized spacial score (nSPS) is 11.4. The van der Waals surface area contributed by atoms with E-state index >= 15 is 0 Å². The second-order valence-electron chi connectivity index (χ2n) is 4.05. The van der Waals surface area contributed by atoms with E-state index in [4.69, 9.17) is 5.11 Å². The van der Waals surface area contributed by atoms with Gasteiger partial charge < -0.3 is 5.11 Å². The van der Waals surface area contributed by atoms with Crippen molar-refractivity contribution in [2.24, 2.45) is 5.41 Å².